The average Bonchev–Trinajstić information content (AvgIpc) is 3.37. The van der Waals surface area contributed by atoms with Crippen LogP contribution in [0, 0.1) is 0 Å². The van der Waals surface area contributed by atoms with Crippen molar-refractivity contribution in [3.05, 3.63) is 71.0 Å². The Morgan fingerprint density at radius 1 is 1.23 bits per heavy atom. The summed E-state index contributed by atoms with van der Waals surface area (Å²) in [5.41, 5.74) is 3.55. The predicted molar refractivity (Wildman–Crippen MR) is 118 cm³/mol. The highest BCUT2D eigenvalue weighted by Gasteiger charge is 2.22. The lowest BCUT2D eigenvalue weighted by Crippen LogP contribution is -2.17. The number of ether oxygens (including phenoxy) is 1. The number of nitrogens with one attached hydrogen (secondary N) is 1. The summed E-state index contributed by atoms with van der Waals surface area (Å²) in [6, 6.07) is 15.4. The van der Waals surface area contributed by atoms with E-state index in [-0.39, 0.29) is 5.91 Å². The number of rotatable bonds is 3. The highest BCUT2D eigenvalue weighted by atomic mass is 35.5. The summed E-state index contributed by atoms with van der Waals surface area (Å²) in [4.78, 5) is 14.1. The Morgan fingerprint density at radius 3 is 2.93 bits per heavy atom. The molecule has 4 aromatic rings. The van der Waals surface area contributed by atoms with Gasteiger partial charge in [0.05, 0.1) is 22.2 Å². The Bertz CT molecular complexity index is 1260. The van der Waals surface area contributed by atoms with E-state index in [2.05, 4.69) is 27.6 Å². The van der Waals surface area contributed by atoms with Crippen LogP contribution in [0.15, 0.2) is 54.9 Å². The maximum absolute atomic E-state index is 11.9. The molecule has 30 heavy (non-hydrogen) atoms. The number of fused-ring (bicyclic) bond motifs is 3. The normalized spacial score (nSPS) is 12.5. The minimum absolute atomic E-state index is 0.185. The molecule has 2 aromatic heterocycles. The topological polar surface area (TPSA) is 69.0 Å². The zero-order chi connectivity index (χ0) is 20.7. The van der Waals surface area contributed by atoms with Gasteiger partial charge < -0.3 is 10.1 Å². The second kappa shape index (κ2) is 7.59. The van der Waals surface area contributed by atoms with E-state index in [1.165, 1.54) is 10.4 Å². The summed E-state index contributed by atoms with van der Waals surface area (Å²) in [6.45, 7) is 0.639. The van der Waals surface area contributed by atoms with Crippen molar-refractivity contribution < 1.29 is 9.53 Å². The summed E-state index contributed by atoms with van der Waals surface area (Å²) in [5, 5.41) is 11.5. The quantitative estimate of drug-likeness (QED) is 0.509. The maximum Gasteiger partial charge on any atom is 0.251 e. The van der Waals surface area contributed by atoms with E-state index < -0.39 is 0 Å². The SMILES string of the molecule is CNC(=O)c1ccc(-n2cnnc2-c2cc3c(s2)-c2ccccc2OCC3)c(Cl)c1. The zero-order valence-electron chi connectivity index (χ0n) is 16.1. The van der Waals surface area contributed by atoms with Crippen molar-refractivity contribution in [1.82, 2.24) is 20.1 Å². The van der Waals surface area contributed by atoms with Crippen molar-refractivity contribution in [3.8, 4) is 32.6 Å². The van der Waals surface area contributed by atoms with E-state index >= 15 is 0 Å². The summed E-state index contributed by atoms with van der Waals surface area (Å²) < 4.78 is 7.74. The highest BCUT2D eigenvalue weighted by Crippen LogP contribution is 2.43. The number of halogens is 1. The summed E-state index contributed by atoms with van der Waals surface area (Å²) in [5.74, 6) is 1.43. The van der Waals surface area contributed by atoms with Gasteiger partial charge >= 0.3 is 0 Å². The van der Waals surface area contributed by atoms with Crippen LogP contribution in [0.3, 0.4) is 0 Å². The first-order valence-electron chi connectivity index (χ1n) is 9.43. The van der Waals surface area contributed by atoms with Crippen LogP contribution < -0.4 is 10.1 Å². The largest absolute Gasteiger partial charge is 0.493 e. The van der Waals surface area contributed by atoms with Gasteiger partial charge in [0.15, 0.2) is 5.82 Å². The molecule has 0 spiro atoms. The molecule has 0 saturated heterocycles. The number of benzene rings is 2. The van der Waals surface area contributed by atoms with Gasteiger partial charge in [-0.1, -0.05) is 23.7 Å². The van der Waals surface area contributed by atoms with Crippen LogP contribution in [0.5, 0.6) is 5.75 Å². The van der Waals surface area contributed by atoms with E-state index in [1.807, 2.05) is 28.8 Å². The highest BCUT2D eigenvalue weighted by molar-refractivity contribution is 7.19. The first kappa shape index (κ1) is 18.8. The molecule has 8 heteroatoms. The van der Waals surface area contributed by atoms with Crippen LogP contribution in [0.1, 0.15) is 15.9 Å². The number of nitrogens with zero attached hydrogens (tertiary/aromatic N) is 3. The van der Waals surface area contributed by atoms with Crippen molar-refractivity contribution in [2.75, 3.05) is 13.7 Å². The molecule has 1 aliphatic heterocycles. The third-order valence-corrected chi connectivity index (χ3v) is 6.54. The molecular formula is C22H17ClN4O2S. The smallest absolute Gasteiger partial charge is 0.251 e. The third kappa shape index (κ3) is 3.16. The fourth-order valence-corrected chi connectivity index (χ4v) is 5.06. The van der Waals surface area contributed by atoms with Crippen LogP contribution in [0.2, 0.25) is 5.02 Å². The Morgan fingerprint density at radius 2 is 2.10 bits per heavy atom. The second-order valence-electron chi connectivity index (χ2n) is 6.83. The van der Waals surface area contributed by atoms with Gasteiger partial charge in [-0.2, -0.15) is 0 Å². The number of amides is 1. The Kier molecular flexibility index (Phi) is 4.77. The zero-order valence-corrected chi connectivity index (χ0v) is 17.6. The molecule has 150 valence electrons. The number of hydrogen-bond acceptors (Lipinski definition) is 5. The first-order chi connectivity index (χ1) is 14.7. The number of carbonyl (C=O) groups excluding carboxylic acids is 1. The standard InChI is InChI=1S/C22H17ClN4O2S/c1-24-22(28)14-6-7-17(16(23)10-14)27-12-25-26-21(27)19-11-13-8-9-29-18-5-3-2-4-15(18)20(13)30-19/h2-7,10-12H,8-9H2,1H3,(H,24,28). The number of aromatic nitrogens is 3. The van der Waals surface area contributed by atoms with E-state index in [9.17, 15) is 4.79 Å². The molecule has 1 amide bonds. The molecule has 1 N–H and O–H groups in total. The molecule has 0 unspecified atom stereocenters. The number of para-hydroxylation sites is 1. The summed E-state index contributed by atoms with van der Waals surface area (Å²) in [7, 11) is 1.59. The number of hydrogen-bond donors (Lipinski definition) is 1. The van der Waals surface area contributed by atoms with E-state index in [0.717, 1.165) is 28.3 Å². The van der Waals surface area contributed by atoms with Crippen molar-refractivity contribution in [3.63, 3.8) is 0 Å². The van der Waals surface area contributed by atoms with E-state index in [4.69, 9.17) is 16.3 Å². The van der Waals surface area contributed by atoms with Crippen molar-refractivity contribution in [1.29, 1.82) is 0 Å². The fourth-order valence-electron chi connectivity index (χ4n) is 3.57. The van der Waals surface area contributed by atoms with Crippen molar-refractivity contribution >= 4 is 28.8 Å². The molecule has 0 radical (unpaired) electrons. The third-order valence-electron chi connectivity index (χ3n) is 5.03. The van der Waals surface area contributed by atoms with Gasteiger partial charge in [-0.25, -0.2) is 0 Å². The molecule has 0 saturated carbocycles. The Balaban J connectivity index is 1.59. The Labute approximate surface area is 182 Å². The number of thiophene rings is 1. The van der Waals surface area contributed by atoms with Gasteiger partial charge in [-0.15, -0.1) is 21.5 Å². The van der Waals surface area contributed by atoms with Crippen LogP contribution in [-0.4, -0.2) is 34.3 Å². The van der Waals surface area contributed by atoms with Gasteiger partial charge in [0.25, 0.3) is 5.91 Å². The molecule has 2 aromatic carbocycles. The van der Waals surface area contributed by atoms with Gasteiger partial charge in [-0.3, -0.25) is 9.36 Å². The van der Waals surface area contributed by atoms with Gasteiger partial charge in [0.2, 0.25) is 0 Å². The lowest BCUT2D eigenvalue weighted by Gasteiger charge is -2.09. The average molecular weight is 437 g/mol. The van der Waals surface area contributed by atoms with Gasteiger partial charge in [-0.05, 0) is 42.0 Å². The summed E-state index contributed by atoms with van der Waals surface area (Å²) in [6.07, 6.45) is 2.47. The fraction of sp³-hybridized carbons (Fsp3) is 0.136. The van der Waals surface area contributed by atoms with Crippen molar-refractivity contribution in [2.24, 2.45) is 0 Å². The lowest BCUT2D eigenvalue weighted by atomic mass is 10.1. The van der Waals surface area contributed by atoms with E-state index in [1.54, 1.807) is 36.8 Å². The second-order valence-corrected chi connectivity index (χ2v) is 8.29. The molecular weight excluding hydrogens is 420 g/mol. The van der Waals surface area contributed by atoms with Crippen LogP contribution in [-0.2, 0) is 6.42 Å². The minimum atomic E-state index is -0.185. The monoisotopic (exact) mass is 436 g/mol. The van der Waals surface area contributed by atoms with E-state index in [0.29, 0.717) is 23.0 Å². The maximum atomic E-state index is 11.9. The molecule has 0 atom stereocenters. The molecule has 0 bridgehead atoms. The molecule has 0 fully saturated rings. The van der Waals surface area contributed by atoms with Crippen molar-refractivity contribution in [2.45, 2.75) is 6.42 Å². The molecule has 5 rings (SSSR count). The number of carbonyl (C=O) groups is 1. The molecule has 1 aliphatic rings. The van der Waals surface area contributed by atoms with Gasteiger partial charge in [0, 0.05) is 29.5 Å². The minimum Gasteiger partial charge on any atom is -0.493 e. The summed E-state index contributed by atoms with van der Waals surface area (Å²) >= 11 is 8.17. The lowest BCUT2D eigenvalue weighted by molar-refractivity contribution is 0.0963. The van der Waals surface area contributed by atoms with Crippen LogP contribution >= 0.6 is 22.9 Å². The first-order valence-corrected chi connectivity index (χ1v) is 10.6. The predicted octanol–water partition coefficient (Wildman–Crippen LogP) is 4.61. The molecule has 3 heterocycles. The van der Waals surface area contributed by atoms with Crippen LogP contribution in [0.4, 0.5) is 0 Å². The van der Waals surface area contributed by atoms with Gasteiger partial charge in [0.1, 0.15) is 12.1 Å². The molecule has 6 nitrogen and oxygen atoms in total. The molecule has 0 aliphatic carbocycles. The van der Waals surface area contributed by atoms with Crippen LogP contribution in [0.25, 0.3) is 26.8 Å². The Hall–Kier alpha value is -3.16.